The van der Waals surface area contributed by atoms with E-state index in [-0.39, 0.29) is 24.7 Å². The molecule has 7 nitrogen and oxygen atoms in total. The van der Waals surface area contributed by atoms with Gasteiger partial charge >= 0.3 is 0 Å². The van der Waals surface area contributed by atoms with Gasteiger partial charge < -0.3 is 19.7 Å². The summed E-state index contributed by atoms with van der Waals surface area (Å²) in [7, 11) is 1.58. The third-order valence-corrected chi connectivity index (χ3v) is 5.06. The average Bonchev–Trinajstić information content (AvgIpc) is 2.79. The summed E-state index contributed by atoms with van der Waals surface area (Å²) in [6.07, 6.45) is 0.383. The number of para-hydroxylation sites is 1. The van der Waals surface area contributed by atoms with E-state index in [1.807, 2.05) is 47.4 Å². The van der Waals surface area contributed by atoms with Crippen LogP contribution in [0.25, 0.3) is 0 Å². The molecule has 2 aromatic carbocycles. The quantitative estimate of drug-likeness (QED) is 0.687. The Bertz CT molecular complexity index is 820. The van der Waals surface area contributed by atoms with Crippen LogP contribution in [0.2, 0.25) is 0 Å². The minimum Gasteiger partial charge on any atom is -0.497 e. The Morgan fingerprint density at radius 2 is 1.67 bits per heavy atom. The van der Waals surface area contributed by atoms with Crippen LogP contribution < -0.4 is 14.8 Å². The van der Waals surface area contributed by atoms with Gasteiger partial charge in [0.2, 0.25) is 11.8 Å². The smallest absolute Gasteiger partial charge is 0.224 e. The minimum atomic E-state index is -0.173. The summed E-state index contributed by atoms with van der Waals surface area (Å²) < 4.78 is 10.9. The Labute approximate surface area is 177 Å². The lowest BCUT2D eigenvalue weighted by molar-refractivity contribution is -0.134. The lowest BCUT2D eigenvalue weighted by atomic mass is 10.2. The Balaban J connectivity index is 1.32. The third-order valence-electron chi connectivity index (χ3n) is 5.06. The van der Waals surface area contributed by atoms with Crippen molar-refractivity contribution in [3.8, 4) is 11.5 Å². The summed E-state index contributed by atoms with van der Waals surface area (Å²) in [6.45, 7) is 4.46. The molecule has 0 radical (unpaired) electrons. The number of benzene rings is 2. The topological polar surface area (TPSA) is 71.1 Å². The molecule has 160 valence electrons. The molecule has 1 saturated heterocycles. The van der Waals surface area contributed by atoms with Crippen LogP contribution in [0.3, 0.4) is 0 Å². The van der Waals surface area contributed by atoms with E-state index < -0.39 is 0 Å². The summed E-state index contributed by atoms with van der Waals surface area (Å²) in [5.41, 5.74) is 0.665. The molecule has 30 heavy (non-hydrogen) atoms. The number of nitrogens with zero attached hydrogens (tertiary/aromatic N) is 2. The van der Waals surface area contributed by atoms with Gasteiger partial charge in [-0.05, 0) is 24.3 Å². The molecule has 2 amide bonds. The van der Waals surface area contributed by atoms with Gasteiger partial charge in [0, 0.05) is 57.3 Å². The Kier molecular flexibility index (Phi) is 8.09. The van der Waals surface area contributed by atoms with E-state index in [0.717, 1.165) is 25.4 Å². The molecule has 0 unspecified atom stereocenters. The van der Waals surface area contributed by atoms with Crippen LogP contribution in [-0.4, -0.2) is 68.1 Å². The van der Waals surface area contributed by atoms with Crippen molar-refractivity contribution in [2.24, 2.45) is 0 Å². The van der Waals surface area contributed by atoms with E-state index in [0.29, 0.717) is 31.1 Å². The standard InChI is InChI=1S/C23H29N3O4/c1-29-21-9-5-6-19(18-21)24-22(27)10-11-23(28)26-14-12-25(13-15-26)16-17-30-20-7-3-2-4-8-20/h2-9,18H,10-17H2,1H3,(H,24,27). The molecular weight excluding hydrogens is 382 g/mol. The molecular formula is C23H29N3O4. The average molecular weight is 412 g/mol. The summed E-state index contributed by atoms with van der Waals surface area (Å²) in [6, 6.07) is 16.9. The lowest BCUT2D eigenvalue weighted by Gasteiger charge is -2.34. The minimum absolute atomic E-state index is 0.0241. The van der Waals surface area contributed by atoms with Crippen LogP contribution in [0.4, 0.5) is 5.69 Å². The molecule has 1 fully saturated rings. The van der Waals surface area contributed by atoms with E-state index >= 15 is 0 Å². The number of piperazine rings is 1. The van der Waals surface area contributed by atoms with Crippen molar-refractivity contribution in [2.75, 3.05) is 51.8 Å². The Hall–Kier alpha value is -3.06. The summed E-state index contributed by atoms with van der Waals surface area (Å²) >= 11 is 0. The molecule has 7 heteroatoms. The van der Waals surface area contributed by atoms with Crippen LogP contribution in [0.5, 0.6) is 11.5 Å². The third kappa shape index (κ3) is 6.77. The molecule has 1 heterocycles. The van der Waals surface area contributed by atoms with Crippen molar-refractivity contribution in [3.05, 3.63) is 54.6 Å². The first-order chi connectivity index (χ1) is 14.6. The van der Waals surface area contributed by atoms with E-state index in [4.69, 9.17) is 9.47 Å². The van der Waals surface area contributed by atoms with Gasteiger partial charge in [0.25, 0.3) is 0 Å². The predicted octanol–water partition coefficient (Wildman–Crippen LogP) is 2.64. The van der Waals surface area contributed by atoms with Gasteiger partial charge in [-0.25, -0.2) is 0 Å². The molecule has 0 aliphatic carbocycles. The number of anilines is 1. The maximum Gasteiger partial charge on any atom is 0.224 e. The SMILES string of the molecule is COc1cccc(NC(=O)CCC(=O)N2CCN(CCOc3ccccc3)CC2)c1. The largest absolute Gasteiger partial charge is 0.497 e. The summed E-state index contributed by atoms with van der Waals surface area (Å²) in [4.78, 5) is 28.7. The fraction of sp³-hybridized carbons (Fsp3) is 0.391. The van der Waals surface area contributed by atoms with Gasteiger partial charge in [0.1, 0.15) is 18.1 Å². The maximum atomic E-state index is 12.4. The zero-order chi connectivity index (χ0) is 21.2. The van der Waals surface area contributed by atoms with Gasteiger partial charge in [-0.15, -0.1) is 0 Å². The van der Waals surface area contributed by atoms with Gasteiger partial charge in [0.05, 0.1) is 7.11 Å². The second kappa shape index (κ2) is 11.2. The van der Waals surface area contributed by atoms with Crippen LogP contribution in [-0.2, 0) is 9.59 Å². The zero-order valence-electron chi connectivity index (χ0n) is 17.4. The highest BCUT2D eigenvalue weighted by Gasteiger charge is 2.21. The fourth-order valence-corrected chi connectivity index (χ4v) is 3.33. The molecule has 1 N–H and O–H groups in total. The number of rotatable bonds is 9. The van der Waals surface area contributed by atoms with E-state index in [9.17, 15) is 9.59 Å². The number of amides is 2. The van der Waals surface area contributed by atoms with E-state index in [1.54, 1.807) is 19.2 Å². The first kappa shape index (κ1) is 21.6. The zero-order valence-corrected chi connectivity index (χ0v) is 17.4. The van der Waals surface area contributed by atoms with Crippen molar-refractivity contribution in [3.63, 3.8) is 0 Å². The molecule has 0 saturated carbocycles. The Morgan fingerprint density at radius 1 is 0.933 bits per heavy atom. The molecule has 0 bridgehead atoms. The lowest BCUT2D eigenvalue weighted by Crippen LogP contribution is -2.49. The number of hydrogen-bond acceptors (Lipinski definition) is 5. The van der Waals surface area contributed by atoms with E-state index in [1.165, 1.54) is 0 Å². The second-order valence-electron chi connectivity index (χ2n) is 7.16. The monoisotopic (exact) mass is 411 g/mol. The molecule has 0 aromatic heterocycles. The van der Waals surface area contributed by atoms with Crippen molar-refractivity contribution >= 4 is 17.5 Å². The molecule has 1 aliphatic heterocycles. The van der Waals surface area contributed by atoms with Crippen LogP contribution in [0, 0.1) is 0 Å². The molecule has 2 aromatic rings. The molecule has 0 spiro atoms. The highest BCUT2D eigenvalue weighted by atomic mass is 16.5. The van der Waals surface area contributed by atoms with Crippen LogP contribution in [0.15, 0.2) is 54.6 Å². The van der Waals surface area contributed by atoms with Gasteiger partial charge in [0.15, 0.2) is 0 Å². The number of ether oxygens (including phenoxy) is 2. The first-order valence-corrected chi connectivity index (χ1v) is 10.3. The number of carbonyl (C=O) groups excluding carboxylic acids is 2. The summed E-state index contributed by atoms with van der Waals surface area (Å²) in [5, 5.41) is 2.81. The van der Waals surface area contributed by atoms with Gasteiger partial charge in [-0.2, -0.15) is 0 Å². The highest BCUT2D eigenvalue weighted by molar-refractivity contribution is 5.93. The van der Waals surface area contributed by atoms with Gasteiger partial charge in [-0.3, -0.25) is 14.5 Å². The fourth-order valence-electron chi connectivity index (χ4n) is 3.33. The van der Waals surface area contributed by atoms with Crippen molar-refractivity contribution < 1.29 is 19.1 Å². The number of nitrogens with one attached hydrogen (secondary N) is 1. The number of hydrogen-bond donors (Lipinski definition) is 1. The summed E-state index contributed by atoms with van der Waals surface area (Å²) in [5.74, 6) is 1.40. The molecule has 0 atom stereocenters. The number of methoxy groups -OCH3 is 1. The van der Waals surface area contributed by atoms with Crippen LogP contribution in [0.1, 0.15) is 12.8 Å². The van der Waals surface area contributed by atoms with Crippen molar-refractivity contribution in [1.29, 1.82) is 0 Å². The van der Waals surface area contributed by atoms with Crippen LogP contribution >= 0.6 is 0 Å². The Morgan fingerprint density at radius 3 is 2.40 bits per heavy atom. The molecule has 1 aliphatic rings. The van der Waals surface area contributed by atoms with Gasteiger partial charge in [-0.1, -0.05) is 24.3 Å². The first-order valence-electron chi connectivity index (χ1n) is 10.3. The second-order valence-corrected chi connectivity index (χ2v) is 7.16. The number of carbonyl (C=O) groups is 2. The van der Waals surface area contributed by atoms with E-state index in [2.05, 4.69) is 10.2 Å². The molecule has 3 rings (SSSR count). The van der Waals surface area contributed by atoms with Crippen molar-refractivity contribution in [1.82, 2.24) is 9.80 Å². The maximum absolute atomic E-state index is 12.4. The highest BCUT2D eigenvalue weighted by Crippen LogP contribution is 2.17. The van der Waals surface area contributed by atoms with Crippen molar-refractivity contribution in [2.45, 2.75) is 12.8 Å². The normalized spacial score (nSPS) is 14.2. The predicted molar refractivity (Wildman–Crippen MR) is 116 cm³/mol.